The summed E-state index contributed by atoms with van der Waals surface area (Å²) >= 11 is 0. The number of anilines is 6. The number of nitrogens with zero attached hydrogens (tertiary/aromatic N) is 4. The third-order valence-electron chi connectivity index (χ3n) is 11.9. The second-order valence-electron chi connectivity index (χ2n) is 15.4. The highest BCUT2D eigenvalue weighted by atomic mass is 16.3. The van der Waals surface area contributed by atoms with E-state index in [-0.39, 0.29) is 0 Å². The number of para-hydroxylation sites is 2. The number of hydrogen-bond donors (Lipinski definition) is 0. The Morgan fingerprint density at radius 3 is 1.16 bits per heavy atom. The van der Waals surface area contributed by atoms with E-state index in [2.05, 4.69) is 143 Å². The van der Waals surface area contributed by atoms with Gasteiger partial charge in [0, 0.05) is 79.7 Å². The average molecular weight is 785 g/mol. The van der Waals surface area contributed by atoms with Crippen molar-refractivity contribution >= 4 is 122 Å². The predicted octanol–water partition coefficient (Wildman–Crippen LogP) is 15.4. The van der Waals surface area contributed by atoms with Crippen molar-refractivity contribution in [3.05, 3.63) is 194 Å². The second-order valence-corrected chi connectivity index (χ2v) is 15.4. The first-order valence-electron chi connectivity index (χ1n) is 20.3. The van der Waals surface area contributed by atoms with Gasteiger partial charge >= 0.3 is 0 Å². The Hall–Kier alpha value is -8.42. The molecule has 0 unspecified atom stereocenters. The second kappa shape index (κ2) is 13.0. The zero-order valence-electron chi connectivity index (χ0n) is 32.5. The monoisotopic (exact) mass is 784 g/mol. The lowest BCUT2D eigenvalue weighted by Gasteiger charge is -2.25. The van der Waals surface area contributed by atoms with Crippen LogP contribution in [-0.4, -0.2) is 9.97 Å². The van der Waals surface area contributed by atoms with Gasteiger partial charge < -0.3 is 13.3 Å². The van der Waals surface area contributed by atoms with Crippen LogP contribution >= 0.6 is 0 Å². The maximum atomic E-state index is 6.80. The van der Waals surface area contributed by atoms with Crippen LogP contribution in [-0.2, 0) is 0 Å². The van der Waals surface area contributed by atoms with E-state index in [1.807, 2.05) is 60.9 Å². The highest BCUT2D eigenvalue weighted by Crippen LogP contribution is 2.44. The SMILES string of the molecule is c1ccc2c(N(c3ccc4c(c3)oc3ccccc34)c3cc4oc5cc(N(c6ccc7c(c6)oc6ccccc67)c6cccc7ccccc67)ncc5c4cn3)cccc2c1. The third kappa shape index (κ3) is 5.24. The van der Waals surface area contributed by atoms with Crippen molar-refractivity contribution in [2.45, 2.75) is 0 Å². The van der Waals surface area contributed by atoms with Crippen molar-refractivity contribution in [1.82, 2.24) is 9.97 Å². The molecule has 0 aliphatic carbocycles. The van der Waals surface area contributed by atoms with Crippen LogP contribution < -0.4 is 9.80 Å². The van der Waals surface area contributed by atoms with Crippen molar-refractivity contribution < 1.29 is 13.3 Å². The summed E-state index contributed by atoms with van der Waals surface area (Å²) < 4.78 is 19.6. The molecule has 13 rings (SSSR count). The number of fused-ring (bicyclic) bond motifs is 11. The molecule has 61 heavy (non-hydrogen) atoms. The van der Waals surface area contributed by atoms with Crippen LogP contribution in [0.2, 0.25) is 0 Å². The summed E-state index contributed by atoms with van der Waals surface area (Å²) in [5.41, 5.74) is 8.56. The largest absolute Gasteiger partial charge is 0.456 e. The fourth-order valence-electron chi connectivity index (χ4n) is 9.09. The molecular weight excluding hydrogens is 753 g/mol. The Bertz CT molecular complexity index is 3620. The van der Waals surface area contributed by atoms with E-state index < -0.39 is 0 Å². The number of rotatable bonds is 6. The van der Waals surface area contributed by atoms with Crippen LogP contribution in [0.4, 0.5) is 34.4 Å². The number of aromatic nitrogens is 2. The molecule has 286 valence electrons. The average Bonchev–Trinajstić information content (AvgIpc) is 3.99. The van der Waals surface area contributed by atoms with Crippen molar-refractivity contribution in [3.63, 3.8) is 0 Å². The standard InChI is InChI=1S/C54H32N4O3/c1-3-15-37-33(11-1)13-9-19-45(37)57(35-23-25-41-39-17-5-7-21-47(39)59-49(41)27-35)53-29-51-43(31-55-53)44-32-56-54(30-52(44)61-51)58(46-20-10-14-34-12-2-4-16-38(34)46)36-24-26-42-40-18-6-8-22-48(40)60-50(42)28-36/h1-32H. The van der Waals surface area contributed by atoms with E-state index in [0.717, 1.165) is 98.9 Å². The van der Waals surface area contributed by atoms with Crippen LogP contribution in [0.3, 0.4) is 0 Å². The number of hydrogen-bond acceptors (Lipinski definition) is 7. The zero-order valence-corrected chi connectivity index (χ0v) is 32.5. The summed E-state index contributed by atoms with van der Waals surface area (Å²) in [6.45, 7) is 0. The molecule has 0 N–H and O–H groups in total. The van der Waals surface area contributed by atoms with Crippen molar-refractivity contribution in [1.29, 1.82) is 0 Å². The maximum absolute atomic E-state index is 6.80. The minimum Gasteiger partial charge on any atom is -0.456 e. The third-order valence-corrected chi connectivity index (χ3v) is 11.9. The summed E-state index contributed by atoms with van der Waals surface area (Å²) in [6.07, 6.45) is 3.79. The molecule has 8 aromatic carbocycles. The zero-order chi connectivity index (χ0) is 40.0. The number of furan rings is 3. The summed E-state index contributed by atoms with van der Waals surface area (Å²) in [7, 11) is 0. The first-order chi connectivity index (χ1) is 30.2. The van der Waals surface area contributed by atoms with Crippen LogP contribution in [0.1, 0.15) is 0 Å². The van der Waals surface area contributed by atoms with Crippen LogP contribution in [0.15, 0.2) is 208 Å². The molecule has 0 amide bonds. The maximum Gasteiger partial charge on any atom is 0.141 e. The van der Waals surface area contributed by atoms with Gasteiger partial charge in [0.15, 0.2) is 0 Å². The topological polar surface area (TPSA) is 71.7 Å². The molecule has 7 heteroatoms. The smallest absolute Gasteiger partial charge is 0.141 e. The highest BCUT2D eigenvalue weighted by Gasteiger charge is 2.23. The van der Waals surface area contributed by atoms with Gasteiger partial charge in [-0.1, -0.05) is 109 Å². The first kappa shape index (κ1) is 33.5. The Balaban J connectivity index is 0.981. The van der Waals surface area contributed by atoms with Gasteiger partial charge in [-0.2, -0.15) is 0 Å². The van der Waals surface area contributed by atoms with E-state index in [1.165, 1.54) is 0 Å². The van der Waals surface area contributed by atoms with Crippen LogP contribution in [0.5, 0.6) is 0 Å². The summed E-state index contributed by atoms with van der Waals surface area (Å²) in [5, 5.41) is 10.5. The van der Waals surface area contributed by atoms with Gasteiger partial charge in [0.1, 0.15) is 45.1 Å². The molecule has 0 saturated carbocycles. The van der Waals surface area contributed by atoms with Crippen molar-refractivity contribution in [2.24, 2.45) is 0 Å². The Morgan fingerprint density at radius 2 is 0.672 bits per heavy atom. The van der Waals surface area contributed by atoms with E-state index in [4.69, 9.17) is 23.2 Å². The Kier molecular flexibility index (Phi) is 7.17. The molecular formula is C54H32N4O3. The molecule has 13 aromatic rings. The minimum absolute atomic E-state index is 0.703. The molecule has 0 atom stereocenters. The lowest BCUT2D eigenvalue weighted by Crippen LogP contribution is -2.12. The highest BCUT2D eigenvalue weighted by molar-refractivity contribution is 6.10. The minimum atomic E-state index is 0.703. The molecule has 0 saturated heterocycles. The number of pyridine rings is 2. The quantitative estimate of drug-likeness (QED) is 0.166. The summed E-state index contributed by atoms with van der Waals surface area (Å²) in [4.78, 5) is 14.6. The lowest BCUT2D eigenvalue weighted by atomic mass is 10.1. The van der Waals surface area contributed by atoms with Crippen LogP contribution in [0, 0.1) is 0 Å². The van der Waals surface area contributed by atoms with Gasteiger partial charge in [-0.3, -0.25) is 9.80 Å². The van der Waals surface area contributed by atoms with Gasteiger partial charge in [-0.25, -0.2) is 9.97 Å². The molecule has 0 aliphatic rings. The van der Waals surface area contributed by atoms with E-state index in [1.54, 1.807) is 0 Å². The van der Waals surface area contributed by atoms with Gasteiger partial charge in [-0.15, -0.1) is 0 Å². The molecule has 0 bridgehead atoms. The van der Waals surface area contributed by atoms with E-state index >= 15 is 0 Å². The molecule has 0 radical (unpaired) electrons. The van der Waals surface area contributed by atoms with Gasteiger partial charge in [0.25, 0.3) is 0 Å². The Morgan fingerprint density at radius 1 is 0.295 bits per heavy atom. The first-order valence-corrected chi connectivity index (χ1v) is 20.3. The summed E-state index contributed by atoms with van der Waals surface area (Å²) in [6, 6.07) is 62.7. The number of benzene rings is 8. The fraction of sp³-hybridized carbons (Fsp3) is 0. The van der Waals surface area contributed by atoms with E-state index in [9.17, 15) is 0 Å². The van der Waals surface area contributed by atoms with Gasteiger partial charge in [0.05, 0.1) is 22.7 Å². The molecule has 0 fully saturated rings. The molecule has 5 aromatic heterocycles. The molecule has 5 heterocycles. The van der Waals surface area contributed by atoms with Gasteiger partial charge in [-0.05, 0) is 59.3 Å². The van der Waals surface area contributed by atoms with Crippen LogP contribution in [0.25, 0.3) is 87.4 Å². The molecule has 7 nitrogen and oxygen atoms in total. The normalized spacial score (nSPS) is 11.9. The van der Waals surface area contributed by atoms with Crippen molar-refractivity contribution in [3.8, 4) is 0 Å². The fourth-order valence-corrected chi connectivity index (χ4v) is 9.09. The molecule has 0 spiro atoms. The van der Waals surface area contributed by atoms with Crippen molar-refractivity contribution in [2.75, 3.05) is 9.80 Å². The predicted molar refractivity (Wildman–Crippen MR) is 248 cm³/mol. The van der Waals surface area contributed by atoms with Gasteiger partial charge in [0.2, 0.25) is 0 Å². The molecule has 0 aliphatic heterocycles. The Labute approximate surface area is 347 Å². The van der Waals surface area contributed by atoms with E-state index in [0.29, 0.717) is 22.8 Å². The summed E-state index contributed by atoms with van der Waals surface area (Å²) in [5.74, 6) is 1.42. The lowest BCUT2D eigenvalue weighted by molar-refractivity contribution is 0.668.